The van der Waals surface area contributed by atoms with Crippen LogP contribution >= 0.6 is 0 Å². The van der Waals surface area contributed by atoms with Gasteiger partial charge in [-0.3, -0.25) is 9.69 Å². The summed E-state index contributed by atoms with van der Waals surface area (Å²) >= 11 is 0. The number of carboxylic acid groups (broad SMARTS) is 1. The van der Waals surface area contributed by atoms with Gasteiger partial charge in [-0.05, 0) is 49.1 Å². The SMILES string of the molecule is CCNC(=O)N1CCc2ccc(NC(=O)CCc3ccccc3C(=O)O)cc21. The van der Waals surface area contributed by atoms with Gasteiger partial charge >= 0.3 is 12.0 Å². The number of fused-ring (bicyclic) bond motifs is 1. The van der Waals surface area contributed by atoms with Gasteiger partial charge in [0.1, 0.15) is 0 Å². The fourth-order valence-corrected chi connectivity index (χ4v) is 3.33. The van der Waals surface area contributed by atoms with Gasteiger partial charge in [0.2, 0.25) is 5.91 Å². The standard InChI is InChI=1S/C21H23N3O4/c1-2-22-21(28)24-12-11-15-7-9-16(13-18(15)24)23-19(25)10-8-14-5-3-4-6-17(14)20(26)27/h3-7,9,13H,2,8,10-12H2,1H3,(H,22,28)(H,23,25)(H,26,27). The highest BCUT2D eigenvalue weighted by molar-refractivity contribution is 5.97. The minimum Gasteiger partial charge on any atom is -0.478 e. The Morgan fingerprint density at radius 3 is 2.68 bits per heavy atom. The van der Waals surface area contributed by atoms with Crippen molar-refractivity contribution in [2.45, 2.75) is 26.2 Å². The Bertz CT molecular complexity index is 910. The Morgan fingerprint density at radius 2 is 1.93 bits per heavy atom. The van der Waals surface area contributed by atoms with Crippen molar-refractivity contribution >= 4 is 29.3 Å². The van der Waals surface area contributed by atoms with Gasteiger partial charge in [0.05, 0.1) is 11.3 Å². The van der Waals surface area contributed by atoms with Gasteiger partial charge in [-0.25, -0.2) is 9.59 Å². The van der Waals surface area contributed by atoms with Crippen LogP contribution in [0.2, 0.25) is 0 Å². The van der Waals surface area contributed by atoms with E-state index in [-0.39, 0.29) is 23.9 Å². The first-order valence-corrected chi connectivity index (χ1v) is 9.29. The Labute approximate surface area is 163 Å². The van der Waals surface area contributed by atoms with E-state index >= 15 is 0 Å². The van der Waals surface area contributed by atoms with Crippen LogP contribution in [0.15, 0.2) is 42.5 Å². The lowest BCUT2D eigenvalue weighted by molar-refractivity contribution is -0.116. The lowest BCUT2D eigenvalue weighted by atomic mass is 10.0. The molecule has 7 nitrogen and oxygen atoms in total. The molecule has 28 heavy (non-hydrogen) atoms. The van der Waals surface area contributed by atoms with Crippen LogP contribution in [-0.2, 0) is 17.6 Å². The zero-order chi connectivity index (χ0) is 20.1. The van der Waals surface area contributed by atoms with Crippen LogP contribution < -0.4 is 15.5 Å². The maximum Gasteiger partial charge on any atom is 0.335 e. The predicted molar refractivity (Wildman–Crippen MR) is 107 cm³/mol. The average molecular weight is 381 g/mol. The molecule has 0 bridgehead atoms. The van der Waals surface area contributed by atoms with Crippen molar-refractivity contribution in [2.75, 3.05) is 23.3 Å². The fourth-order valence-electron chi connectivity index (χ4n) is 3.33. The number of nitrogens with one attached hydrogen (secondary N) is 2. The molecule has 0 saturated heterocycles. The van der Waals surface area contributed by atoms with Crippen LogP contribution in [0.5, 0.6) is 0 Å². The molecule has 0 radical (unpaired) electrons. The van der Waals surface area contributed by atoms with Crippen LogP contribution in [-0.4, -0.2) is 36.1 Å². The number of benzene rings is 2. The maximum atomic E-state index is 12.3. The zero-order valence-electron chi connectivity index (χ0n) is 15.7. The number of aryl methyl sites for hydroxylation is 1. The highest BCUT2D eigenvalue weighted by atomic mass is 16.4. The third kappa shape index (κ3) is 4.31. The van der Waals surface area contributed by atoms with E-state index in [0.29, 0.717) is 30.8 Å². The summed E-state index contributed by atoms with van der Waals surface area (Å²) in [7, 11) is 0. The summed E-state index contributed by atoms with van der Waals surface area (Å²) in [6.45, 7) is 3.04. The van der Waals surface area contributed by atoms with Crippen molar-refractivity contribution in [3.05, 3.63) is 59.2 Å². The molecule has 2 aromatic carbocycles. The first-order chi connectivity index (χ1) is 13.5. The maximum absolute atomic E-state index is 12.3. The third-order valence-electron chi connectivity index (χ3n) is 4.71. The number of urea groups is 1. The van der Waals surface area contributed by atoms with Crippen LogP contribution in [0.3, 0.4) is 0 Å². The number of carbonyl (C=O) groups excluding carboxylic acids is 2. The molecule has 0 saturated carbocycles. The molecule has 0 spiro atoms. The topological polar surface area (TPSA) is 98.7 Å². The van der Waals surface area contributed by atoms with E-state index in [0.717, 1.165) is 17.7 Å². The second-order valence-electron chi connectivity index (χ2n) is 6.59. The lowest BCUT2D eigenvalue weighted by Gasteiger charge is -2.18. The molecule has 1 aliphatic heterocycles. The fraction of sp³-hybridized carbons (Fsp3) is 0.286. The summed E-state index contributed by atoms with van der Waals surface area (Å²) < 4.78 is 0. The molecule has 2 aromatic rings. The minimum atomic E-state index is -1.000. The predicted octanol–water partition coefficient (Wildman–Crippen LogP) is 3.05. The Kier molecular flexibility index (Phi) is 5.93. The van der Waals surface area contributed by atoms with E-state index < -0.39 is 5.97 Å². The third-order valence-corrected chi connectivity index (χ3v) is 4.71. The lowest BCUT2D eigenvalue weighted by Crippen LogP contribution is -2.38. The summed E-state index contributed by atoms with van der Waals surface area (Å²) in [4.78, 5) is 37.4. The molecule has 0 unspecified atom stereocenters. The minimum absolute atomic E-state index is 0.144. The quantitative estimate of drug-likeness (QED) is 0.716. The smallest absolute Gasteiger partial charge is 0.335 e. The highest BCUT2D eigenvalue weighted by Gasteiger charge is 2.24. The van der Waals surface area contributed by atoms with Gasteiger partial charge < -0.3 is 15.7 Å². The van der Waals surface area contributed by atoms with E-state index in [9.17, 15) is 19.5 Å². The van der Waals surface area contributed by atoms with E-state index in [1.807, 2.05) is 19.1 Å². The molecule has 0 atom stereocenters. The number of nitrogens with zero attached hydrogens (tertiary/aromatic N) is 1. The van der Waals surface area contributed by atoms with Crippen molar-refractivity contribution in [1.29, 1.82) is 0 Å². The van der Waals surface area contributed by atoms with Crippen molar-refractivity contribution in [1.82, 2.24) is 5.32 Å². The first-order valence-electron chi connectivity index (χ1n) is 9.29. The van der Waals surface area contributed by atoms with Crippen molar-refractivity contribution < 1.29 is 19.5 Å². The highest BCUT2D eigenvalue weighted by Crippen LogP contribution is 2.31. The van der Waals surface area contributed by atoms with E-state index in [1.165, 1.54) is 6.07 Å². The molecular formula is C21H23N3O4. The molecule has 3 rings (SSSR count). The number of carbonyl (C=O) groups is 3. The molecule has 0 aliphatic carbocycles. The van der Waals surface area contributed by atoms with Crippen molar-refractivity contribution in [3.63, 3.8) is 0 Å². The summed E-state index contributed by atoms with van der Waals surface area (Å²) in [5, 5.41) is 14.9. The summed E-state index contributed by atoms with van der Waals surface area (Å²) in [6.07, 6.45) is 1.29. The van der Waals surface area contributed by atoms with Crippen LogP contribution in [0.1, 0.15) is 34.8 Å². The van der Waals surface area contributed by atoms with Crippen LogP contribution in [0.25, 0.3) is 0 Å². The second-order valence-corrected chi connectivity index (χ2v) is 6.59. The molecular weight excluding hydrogens is 358 g/mol. The monoisotopic (exact) mass is 381 g/mol. The normalized spacial score (nSPS) is 12.4. The Morgan fingerprint density at radius 1 is 1.14 bits per heavy atom. The first kappa shape index (κ1) is 19.4. The summed E-state index contributed by atoms with van der Waals surface area (Å²) in [6, 6.07) is 12.1. The second kappa shape index (κ2) is 8.56. The number of amides is 3. The van der Waals surface area contributed by atoms with Crippen LogP contribution in [0, 0.1) is 0 Å². The van der Waals surface area contributed by atoms with Crippen molar-refractivity contribution in [2.24, 2.45) is 0 Å². The largest absolute Gasteiger partial charge is 0.478 e. The van der Waals surface area contributed by atoms with Crippen molar-refractivity contribution in [3.8, 4) is 0 Å². The molecule has 0 aromatic heterocycles. The molecule has 1 heterocycles. The van der Waals surface area contributed by atoms with Gasteiger partial charge in [0.15, 0.2) is 0 Å². The molecule has 146 valence electrons. The molecule has 0 fully saturated rings. The van der Waals surface area contributed by atoms with E-state index in [2.05, 4.69) is 10.6 Å². The van der Waals surface area contributed by atoms with E-state index in [4.69, 9.17) is 0 Å². The number of rotatable bonds is 6. The Balaban J connectivity index is 1.65. The van der Waals surface area contributed by atoms with Gasteiger partial charge in [-0.15, -0.1) is 0 Å². The number of anilines is 2. The van der Waals surface area contributed by atoms with Gasteiger partial charge in [0, 0.05) is 25.2 Å². The van der Waals surface area contributed by atoms with Gasteiger partial charge in [-0.2, -0.15) is 0 Å². The molecule has 7 heteroatoms. The van der Waals surface area contributed by atoms with Crippen LogP contribution in [0.4, 0.5) is 16.2 Å². The number of hydrogen-bond acceptors (Lipinski definition) is 3. The van der Waals surface area contributed by atoms with Gasteiger partial charge in [-0.1, -0.05) is 24.3 Å². The molecule has 3 amide bonds. The molecule has 3 N–H and O–H groups in total. The number of aromatic carboxylic acids is 1. The average Bonchev–Trinajstić information content (AvgIpc) is 3.10. The zero-order valence-corrected chi connectivity index (χ0v) is 15.7. The summed E-state index contributed by atoms with van der Waals surface area (Å²) in [5.74, 6) is -1.21. The Hall–Kier alpha value is -3.35. The number of hydrogen-bond donors (Lipinski definition) is 3. The van der Waals surface area contributed by atoms with E-state index in [1.54, 1.807) is 29.2 Å². The summed E-state index contributed by atoms with van der Waals surface area (Å²) in [5.41, 5.74) is 3.33. The van der Waals surface area contributed by atoms with Gasteiger partial charge in [0.25, 0.3) is 0 Å². The molecule has 1 aliphatic rings. The number of carboxylic acids is 1.